The van der Waals surface area contributed by atoms with Crippen LogP contribution in [0.2, 0.25) is 0 Å². The monoisotopic (exact) mass is 250 g/mol. The summed E-state index contributed by atoms with van der Waals surface area (Å²) in [5.41, 5.74) is 3.79. The molecular formula is C13H10N6. The number of hydrogen-bond donors (Lipinski definition) is 1. The number of H-pyrrole nitrogens is 1. The van der Waals surface area contributed by atoms with Gasteiger partial charge in [0.2, 0.25) is 5.95 Å². The summed E-state index contributed by atoms with van der Waals surface area (Å²) in [6.45, 7) is 0. The number of nitriles is 1. The smallest absolute Gasteiger partial charge is 0.238 e. The third-order valence-corrected chi connectivity index (χ3v) is 2.84. The summed E-state index contributed by atoms with van der Waals surface area (Å²) in [7, 11) is 1.62. The standard InChI is InChI=1S/C13H10N6/c1-19(7-14)13-15-5-10(6-16-13)9-2-3-11-12(4-9)18-8-17-11/h2-6,8H,1H3,(H,17,18). The fraction of sp³-hybridized carbons (Fsp3) is 0.0769. The van der Waals surface area contributed by atoms with Crippen LogP contribution in [0.5, 0.6) is 0 Å². The number of rotatable bonds is 2. The first-order chi connectivity index (χ1) is 9.28. The van der Waals surface area contributed by atoms with Crippen LogP contribution in [0.4, 0.5) is 5.95 Å². The van der Waals surface area contributed by atoms with E-state index in [9.17, 15) is 0 Å². The van der Waals surface area contributed by atoms with E-state index in [1.165, 1.54) is 4.90 Å². The minimum atomic E-state index is 0.383. The number of hydrogen-bond acceptors (Lipinski definition) is 5. The summed E-state index contributed by atoms with van der Waals surface area (Å²) < 4.78 is 0. The normalized spacial score (nSPS) is 10.3. The lowest BCUT2D eigenvalue weighted by Crippen LogP contribution is -2.11. The van der Waals surface area contributed by atoms with E-state index >= 15 is 0 Å². The summed E-state index contributed by atoms with van der Waals surface area (Å²) in [4.78, 5) is 16.9. The van der Waals surface area contributed by atoms with Crippen LogP contribution in [0.1, 0.15) is 0 Å². The molecule has 0 bridgehead atoms. The zero-order valence-electron chi connectivity index (χ0n) is 10.2. The molecule has 0 aliphatic rings. The number of benzene rings is 1. The van der Waals surface area contributed by atoms with Gasteiger partial charge in [0.05, 0.1) is 17.4 Å². The first-order valence-corrected chi connectivity index (χ1v) is 5.67. The molecule has 0 radical (unpaired) electrons. The molecule has 3 aromatic rings. The molecule has 1 N–H and O–H groups in total. The molecule has 0 spiro atoms. The van der Waals surface area contributed by atoms with E-state index in [1.807, 2.05) is 24.4 Å². The van der Waals surface area contributed by atoms with Crippen LogP contribution in [-0.4, -0.2) is 27.0 Å². The highest BCUT2D eigenvalue weighted by molar-refractivity contribution is 5.81. The third-order valence-electron chi connectivity index (χ3n) is 2.84. The van der Waals surface area contributed by atoms with E-state index in [4.69, 9.17) is 5.26 Å². The van der Waals surface area contributed by atoms with E-state index < -0.39 is 0 Å². The van der Waals surface area contributed by atoms with Crippen LogP contribution < -0.4 is 4.90 Å². The Balaban J connectivity index is 1.99. The van der Waals surface area contributed by atoms with Gasteiger partial charge in [0, 0.05) is 25.0 Å². The van der Waals surface area contributed by atoms with Crippen LogP contribution >= 0.6 is 0 Å². The lowest BCUT2D eigenvalue weighted by atomic mass is 10.1. The zero-order chi connectivity index (χ0) is 13.2. The van der Waals surface area contributed by atoms with Gasteiger partial charge in [-0.15, -0.1) is 0 Å². The summed E-state index contributed by atoms with van der Waals surface area (Å²) in [5, 5.41) is 8.75. The van der Waals surface area contributed by atoms with E-state index in [0.717, 1.165) is 22.2 Å². The molecule has 2 aromatic heterocycles. The predicted octanol–water partition coefficient (Wildman–Crippen LogP) is 1.94. The van der Waals surface area contributed by atoms with E-state index in [2.05, 4.69) is 19.9 Å². The Morgan fingerprint density at radius 3 is 2.68 bits per heavy atom. The number of aromatic amines is 1. The van der Waals surface area contributed by atoms with Crippen molar-refractivity contribution in [2.45, 2.75) is 0 Å². The lowest BCUT2D eigenvalue weighted by Gasteiger charge is -2.06. The van der Waals surface area contributed by atoms with Gasteiger partial charge in [0.1, 0.15) is 0 Å². The van der Waals surface area contributed by atoms with Crippen LogP contribution in [-0.2, 0) is 0 Å². The highest BCUT2D eigenvalue weighted by atomic mass is 15.2. The average Bonchev–Trinajstić information content (AvgIpc) is 2.94. The van der Waals surface area contributed by atoms with Crippen molar-refractivity contribution in [2.75, 3.05) is 11.9 Å². The second-order valence-corrected chi connectivity index (χ2v) is 4.07. The molecule has 0 fully saturated rings. The average molecular weight is 250 g/mol. The highest BCUT2D eigenvalue weighted by Crippen LogP contribution is 2.22. The Morgan fingerprint density at radius 2 is 1.95 bits per heavy atom. The van der Waals surface area contributed by atoms with E-state index in [1.54, 1.807) is 25.8 Å². The molecule has 6 nitrogen and oxygen atoms in total. The fourth-order valence-electron chi connectivity index (χ4n) is 1.80. The highest BCUT2D eigenvalue weighted by Gasteiger charge is 2.05. The van der Waals surface area contributed by atoms with Crippen LogP contribution in [0.15, 0.2) is 36.9 Å². The Kier molecular flexibility index (Phi) is 2.58. The van der Waals surface area contributed by atoms with Crippen molar-refractivity contribution in [3.05, 3.63) is 36.9 Å². The molecule has 0 aliphatic carbocycles. The molecule has 0 saturated heterocycles. The molecular weight excluding hydrogens is 240 g/mol. The topological polar surface area (TPSA) is 81.5 Å². The van der Waals surface area contributed by atoms with Crippen molar-refractivity contribution in [3.8, 4) is 17.3 Å². The molecule has 0 unspecified atom stereocenters. The van der Waals surface area contributed by atoms with Gasteiger partial charge < -0.3 is 4.98 Å². The molecule has 92 valence electrons. The van der Waals surface area contributed by atoms with Gasteiger partial charge in [-0.1, -0.05) is 6.07 Å². The largest absolute Gasteiger partial charge is 0.345 e. The van der Waals surface area contributed by atoms with Crippen molar-refractivity contribution in [1.82, 2.24) is 19.9 Å². The number of nitrogens with zero attached hydrogens (tertiary/aromatic N) is 5. The van der Waals surface area contributed by atoms with Gasteiger partial charge in [-0.25, -0.2) is 15.0 Å². The van der Waals surface area contributed by atoms with Gasteiger partial charge in [-0.3, -0.25) is 4.90 Å². The van der Waals surface area contributed by atoms with Crippen LogP contribution in [0.3, 0.4) is 0 Å². The zero-order valence-corrected chi connectivity index (χ0v) is 10.2. The lowest BCUT2D eigenvalue weighted by molar-refractivity contribution is 1.05. The minimum Gasteiger partial charge on any atom is -0.345 e. The summed E-state index contributed by atoms with van der Waals surface area (Å²) in [5.74, 6) is 0.383. The fourth-order valence-corrected chi connectivity index (χ4v) is 1.80. The number of fused-ring (bicyclic) bond motifs is 1. The number of imidazole rings is 1. The molecule has 0 saturated carbocycles. The number of anilines is 1. The SMILES string of the molecule is CN(C#N)c1ncc(-c2ccc3nc[nH]c3c2)cn1. The number of aromatic nitrogens is 4. The van der Waals surface area contributed by atoms with Gasteiger partial charge in [0.25, 0.3) is 0 Å². The van der Waals surface area contributed by atoms with Crippen molar-refractivity contribution in [2.24, 2.45) is 0 Å². The van der Waals surface area contributed by atoms with Crippen molar-refractivity contribution < 1.29 is 0 Å². The van der Waals surface area contributed by atoms with Crippen LogP contribution in [0.25, 0.3) is 22.2 Å². The van der Waals surface area contributed by atoms with Crippen LogP contribution in [0, 0.1) is 11.5 Å². The maximum atomic E-state index is 8.75. The predicted molar refractivity (Wildman–Crippen MR) is 71.1 cm³/mol. The van der Waals surface area contributed by atoms with Crippen molar-refractivity contribution >= 4 is 17.0 Å². The molecule has 0 aliphatic heterocycles. The third kappa shape index (κ3) is 1.98. The van der Waals surface area contributed by atoms with Gasteiger partial charge in [0.15, 0.2) is 6.19 Å². The van der Waals surface area contributed by atoms with Gasteiger partial charge in [-0.2, -0.15) is 5.26 Å². The van der Waals surface area contributed by atoms with E-state index in [0.29, 0.717) is 5.95 Å². The Bertz CT molecular complexity index is 753. The number of nitrogens with one attached hydrogen (secondary N) is 1. The summed E-state index contributed by atoms with van der Waals surface area (Å²) in [6, 6.07) is 5.90. The first-order valence-electron chi connectivity index (χ1n) is 5.67. The second-order valence-electron chi connectivity index (χ2n) is 4.07. The van der Waals surface area contributed by atoms with Crippen molar-refractivity contribution in [3.63, 3.8) is 0 Å². The Hall–Kier alpha value is -2.94. The summed E-state index contributed by atoms with van der Waals surface area (Å²) in [6.07, 6.45) is 7.02. The van der Waals surface area contributed by atoms with Gasteiger partial charge >= 0.3 is 0 Å². The maximum absolute atomic E-state index is 8.75. The Morgan fingerprint density at radius 1 is 1.16 bits per heavy atom. The first kappa shape index (κ1) is 11.2. The minimum absolute atomic E-state index is 0.383. The summed E-state index contributed by atoms with van der Waals surface area (Å²) >= 11 is 0. The van der Waals surface area contributed by atoms with Gasteiger partial charge in [-0.05, 0) is 17.7 Å². The molecule has 2 heterocycles. The molecule has 3 rings (SSSR count). The molecule has 19 heavy (non-hydrogen) atoms. The quantitative estimate of drug-likeness (QED) is 0.555. The Labute approximate surface area is 109 Å². The maximum Gasteiger partial charge on any atom is 0.238 e. The molecule has 6 heteroatoms. The molecule has 1 aromatic carbocycles. The van der Waals surface area contributed by atoms with E-state index in [-0.39, 0.29) is 0 Å². The molecule has 0 atom stereocenters. The van der Waals surface area contributed by atoms with Crippen molar-refractivity contribution in [1.29, 1.82) is 5.26 Å². The molecule has 0 amide bonds. The second kappa shape index (κ2) is 4.38.